The fraction of sp³-hybridized carbons (Fsp3) is 0.550. The van der Waals surface area contributed by atoms with Crippen molar-refractivity contribution in [2.45, 2.75) is 38.5 Å². The van der Waals surface area contributed by atoms with Gasteiger partial charge in [0, 0.05) is 31.6 Å². The molecule has 0 radical (unpaired) electrons. The zero-order valence-corrected chi connectivity index (χ0v) is 14.9. The van der Waals surface area contributed by atoms with Crippen LogP contribution < -0.4 is 15.4 Å². The second kappa shape index (κ2) is 5.73. The average Bonchev–Trinajstić information content (AvgIpc) is 2.58. The smallest absolute Gasteiger partial charge is 0.268 e. The third-order valence-corrected chi connectivity index (χ3v) is 6.70. The molecule has 4 heterocycles. The number of nitriles is 1. The van der Waals surface area contributed by atoms with E-state index in [-0.39, 0.29) is 11.1 Å². The summed E-state index contributed by atoms with van der Waals surface area (Å²) in [5, 5.41) is 10.6. The highest BCUT2D eigenvalue weighted by Gasteiger charge is 2.40. The molecule has 2 saturated heterocycles. The molecule has 1 spiro atoms. The quantitative estimate of drug-likeness (QED) is 0.902. The summed E-state index contributed by atoms with van der Waals surface area (Å²) in [4.78, 5) is 24.3. The molecule has 1 saturated carbocycles. The SMILES string of the molecule is N#Cc1c(N2CCC3(CCC3)CC2)c2cc(N3CCC3)ncc2[nH]c1=O. The first-order valence-corrected chi connectivity index (χ1v) is 9.65. The Bertz CT molecular complexity index is 955. The van der Waals surface area contributed by atoms with Crippen LogP contribution in [0, 0.1) is 16.7 Å². The molecule has 2 aromatic heterocycles. The fourth-order valence-corrected chi connectivity index (χ4v) is 4.70. The Hall–Kier alpha value is -2.55. The molecule has 6 nitrogen and oxygen atoms in total. The summed E-state index contributed by atoms with van der Waals surface area (Å²) >= 11 is 0. The molecular weight excluding hydrogens is 326 g/mol. The van der Waals surface area contributed by atoms with Crippen LogP contribution in [0.3, 0.4) is 0 Å². The van der Waals surface area contributed by atoms with Crippen LogP contribution in [0.2, 0.25) is 0 Å². The number of nitrogens with zero attached hydrogens (tertiary/aromatic N) is 4. The number of nitrogens with one attached hydrogen (secondary N) is 1. The molecule has 0 unspecified atom stereocenters. The van der Waals surface area contributed by atoms with Crippen LogP contribution >= 0.6 is 0 Å². The first-order chi connectivity index (χ1) is 12.7. The number of hydrogen-bond acceptors (Lipinski definition) is 5. The number of hydrogen-bond donors (Lipinski definition) is 1. The second-order valence-electron chi connectivity index (χ2n) is 8.06. The third kappa shape index (κ3) is 2.30. The van der Waals surface area contributed by atoms with Crippen LogP contribution in [0.4, 0.5) is 11.5 Å². The molecule has 3 aliphatic rings. The van der Waals surface area contributed by atoms with Crippen molar-refractivity contribution in [1.29, 1.82) is 5.26 Å². The summed E-state index contributed by atoms with van der Waals surface area (Å²) in [6, 6.07) is 4.21. The fourth-order valence-electron chi connectivity index (χ4n) is 4.70. The van der Waals surface area contributed by atoms with Gasteiger partial charge in [-0.25, -0.2) is 4.98 Å². The average molecular weight is 349 g/mol. The van der Waals surface area contributed by atoms with Crippen LogP contribution in [0.15, 0.2) is 17.1 Å². The van der Waals surface area contributed by atoms with Crippen molar-refractivity contribution in [1.82, 2.24) is 9.97 Å². The van der Waals surface area contributed by atoms with E-state index in [0.29, 0.717) is 5.41 Å². The Labute approximate surface area is 152 Å². The van der Waals surface area contributed by atoms with Gasteiger partial charge >= 0.3 is 0 Å². The van der Waals surface area contributed by atoms with Crippen LogP contribution in [0.1, 0.15) is 44.1 Å². The van der Waals surface area contributed by atoms with Gasteiger partial charge in [-0.2, -0.15) is 5.26 Å². The molecule has 6 heteroatoms. The number of aromatic amines is 1. The lowest BCUT2D eigenvalue weighted by Gasteiger charge is -2.48. The van der Waals surface area contributed by atoms with E-state index >= 15 is 0 Å². The second-order valence-corrected chi connectivity index (χ2v) is 8.06. The molecule has 134 valence electrons. The maximum Gasteiger partial charge on any atom is 0.268 e. The van der Waals surface area contributed by atoms with Gasteiger partial charge < -0.3 is 14.8 Å². The topological polar surface area (TPSA) is 76.0 Å². The van der Waals surface area contributed by atoms with E-state index in [0.717, 1.165) is 61.4 Å². The summed E-state index contributed by atoms with van der Waals surface area (Å²) < 4.78 is 0. The van der Waals surface area contributed by atoms with Crippen molar-refractivity contribution in [2.75, 3.05) is 36.0 Å². The lowest BCUT2D eigenvalue weighted by Crippen LogP contribution is -2.44. The van der Waals surface area contributed by atoms with Gasteiger partial charge in [-0.1, -0.05) is 6.42 Å². The van der Waals surface area contributed by atoms with Crippen molar-refractivity contribution in [3.05, 3.63) is 28.2 Å². The van der Waals surface area contributed by atoms with Gasteiger partial charge in [0.2, 0.25) is 0 Å². The number of piperidine rings is 1. The van der Waals surface area contributed by atoms with E-state index in [9.17, 15) is 10.1 Å². The standard InChI is InChI=1S/C20H23N5O/c21-12-15-18(25-9-5-20(6-10-25)3-1-4-20)14-11-17(24-7-2-8-24)22-13-16(14)23-19(15)26/h11,13H,1-10H2,(H,23,26). The van der Waals surface area contributed by atoms with Crippen LogP contribution in [-0.4, -0.2) is 36.1 Å². The van der Waals surface area contributed by atoms with Crippen LogP contribution in [-0.2, 0) is 0 Å². The van der Waals surface area contributed by atoms with E-state index in [1.807, 2.05) is 6.07 Å². The van der Waals surface area contributed by atoms with Gasteiger partial charge in [0.15, 0.2) is 0 Å². The molecule has 26 heavy (non-hydrogen) atoms. The van der Waals surface area contributed by atoms with Crippen molar-refractivity contribution in [3.63, 3.8) is 0 Å². The molecule has 2 aromatic rings. The van der Waals surface area contributed by atoms with E-state index in [1.54, 1.807) is 6.20 Å². The Balaban J connectivity index is 1.61. The van der Waals surface area contributed by atoms with Crippen molar-refractivity contribution >= 4 is 22.4 Å². The minimum Gasteiger partial charge on any atom is -0.370 e. The first-order valence-electron chi connectivity index (χ1n) is 9.65. The largest absolute Gasteiger partial charge is 0.370 e. The van der Waals surface area contributed by atoms with Crippen molar-refractivity contribution in [2.24, 2.45) is 5.41 Å². The zero-order chi connectivity index (χ0) is 17.7. The summed E-state index contributed by atoms with van der Waals surface area (Å²) in [7, 11) is 0. The molecular formula is C20H23N5O. The molecule has 5 rings (SSSR count). The maximum absolute atomic E-state index is 12.5. The van der Waals surface area contributed by atoms with Gasteiger partial charge in [-0.3, -0.25) is 4.79 Å². The van der Waals surface area contributed by atoms with Gasteiger partial charge in [-0.15, -0.1) is 0 Å². The number of anilines is 2. The Kier molecular flexibility index (Phi) is 3.46. The summed E-state index contributed by atoms with van der Waals surface area (Å²) in [5.41, 5.74) is 1.99. The summed E-state index contributed by atoms with van der Waals surface area (Å²) in [6.45, 7) is 3.90. The van der Waals surface area contributed by atoms with Crippen LogP contribution in [0.25, 0.3) is 10.9 Å². The highest BCUT2D eigenvalue weighted by molar-refractivity contribution is 5.95. The van der Waals surface area contributed by atoms with Gasteiger partial charge in [0.25, 0.3) is 5.56 Å². The van der Waals surface area contributed by atoms with E-state index in [2.05, 4.69) is 25.8 Å². The minimum absolute atomic E-state index is 0.239. The Morgan fingerprint density at radius 2 is 1.85 bits per heavy atom. The number of fused-ring (bicyclic) bond motifs is 1. The lowest BCUT2D eigenvalue weighted by atomic mass is 9.63. The number of H-pyrrole nitrogens is 1. The molecule has 2 aliphatic heterocycles. The van der Waals surface area contributed by atoms with E-state index in [1.165, 1.54) is 25.7 Å². The molecule has 1 aliphatic carbocycles. The highest BCUT2D eigenvalue weighted by atomic mass is 16.1. The highest BCUT2D eigenvalue weighted by Crippen LogP contribution is 2.49. The third-order valence-electron chi connectivity index (χ3n) is 6.70. The van der Waals surface area contributed by atoms with Gasteiger partial charge in [0.05, 0.1) is 17.4 Å². The first kappa shape index (κ1) is 15.7. The van der Waals surface area contributed by atoms with E-state index in [4.69, 9.17) is 0 Å². The monoisotopic (exact) mass is 349 g/mol. The summed E-state index contributed by atoms with van der Waals surface area (Å²) in [5.74, 6) is 0.938. The number of aromatic nitrogens is 2. The molecule has 3 fully saturated rings. The van der Waals surface area contributed by atoms with E-state index < -0.39 is 0 Å². The molecule has 0 bridgehead atoms. The van der Waals surface area contributed by atoms with Crippen LogP contribution in [0.5, 0.6) is 0 Å². The predicted molar refractivity (Wildman–Crippen MR) is 102 cm³/mol. The van der Waals surface area contributed by atoms with Crippen molar-refractivity contribution < 1.29 is 0 Å². The Morgan fingerprint density at radius 3 is 2.42 bits per heavy atom. The number of rotatable bonds is 2. The van der Waals surface area contributed by atoms with Gasteiger partial charge in [0.1, 0.15) is 17.5 Å². The predicted octanol–water partition coefficient (Wildman–Crippen LogP) is 2.78. The zero-order valence-electron chi connectivity index (χ0n) is 14.9. The Morgan fingerprint density at radius 1 is 1.08 bits per heavy atom. The maximum atomic E-state index is 12.5. The summed E-state index contributed by atoms with van der Waals surface area (Å²) in [6.07, 6.45) is 9.28. The number of pyridine rings is 2. The normalized spacial score (nSPS) is 21.3. The van der Waals surface area contributed by atoms with Crippen molar-refractivity contribution in [3.8, 4) is 6.07 Å². The molecule has 0 amide bonds. The van der Waals surface area contributed by atoms with Gasteiger partial charge in [-0.05, 0) is 43.6 Å². The lowest BCUT2D eigenvalue weighted by molar-refractivity contribution is 0.0956. The molecule has 1 N–H and O–H groups in total. The minimum atomic E-state index is -0.308. The molecule has 0 atom stereocenters. The molecule has 0 aromatic carbocycles.